The Labute approximate surface area is 423 Å². The van der Waals surface area contributed by atoms with Gasteiger partial charge in [0.25, 0.3) is 0 Å². The smallest absolute Gasteiger partial charge is 0.306 e. The first-order valence-electron chi connectivity index (χ1n) is 30.0. The van der Waals surface area contributed by atoms with Gasteiger partial charge in [-0.3, -0.25) is 14.4 Å². The van der Waals surface area contributed by atoms with Gasteiger partial charge in [0.15, 0.2) is 6.10 Å². The van der Waals surface area contributed by atoms with Crippen LogP contribution in [0.25, 0.3) is 0 Å². The minimum absolute atomic E-state index is 0.0742. The highest BCUT2D eigenvalue weighted by Gasteiger charge is 2.19. The van der Waals surface area contributed by atoms with Gasteiger partial charge in [-0.1, -0.05) is 282 Å². The van der Waals surface area contributed by atoms with Crippen LogP contribution in [0.1, 0.15) is 323 Å². The first-order chi connectivity index (χ1) is 33.5. The van der Waals surface area contributed by atoms with Gasteiger partial charge in [-0.25, -0.2) is 0 Å². The van der Waals surface area contributed by atoms with Crippen LogP contribution in [0.4, 0.5) is 0 Å². The third kappa shape index (κ3) is 54.6. The molecular formula is C62H114O6. The number of ether oxygens (including phenoxy) is 3. The summed E-state index contributed by atoms with van der Waals surface area (Å²) in [6, 6.07) is 0. The van der Waals surface area contributed by atoms with E-state index in [4.69, 9.17) is 14.2 Å². The summed E-state index contributed by atoms with van der Waals surface area (Å²) in [7, 11) is 0. The molecule has 0 unspecified atom stereocenters. The van der Waals surface area contributed by atoms with Crippen LogP contribution in [0, 0.1) is 0 Å². The maximum atomic E-state index is 12.9. The second kappa shape index (κ2) is 57.2. The molecule has 0 saturated heterocycles. The van der Waals surface area contributed by atoms with E-state index in [-0.39, 0.29) is 31.1 Å². The van der Waals surface area contributed by atoms with E-state index < -0.39 is 6.10 Å². The Morgan fingerprint density at radius 2 is 0.529 bits per heavy atom. The van der Waals surface area contributed by atoms with Crippen LogP contribution in [-0.4, -0.2) is 37.2 Å². The lowest BCUT2D eigenvalue weighted by molar-refractivity contribution is -0.167. The molecule has 0 aromatic rings. The Kier molecular flexibility index (Phi) is 55.2. The fourth-order valence-electron chi connectivity index (χ4n) is 8.86. The van der Waals surface area contributed by atoms with Gasteiger partial charge >= 0.3 is 17.9 Å². The molecule has 0 amide bonds. The standard InChI is InChI=1S/C62H114O6/c1-4-7-10-13-16-19-22-25-28-31-34-37-40-43-46-49-52-55-61(64)67-58-59(57-66-60(63)54-51-48-45-42-39-36-33-30-27-24-21-18-15-12-9-6-3)68-62(65)56-53-50-47-44-41-38-35-32-29-26-23-20-17-14-11-8-5-2/h16,19,25,28,34,37,59H,4-15,17-18,20-24,26-27,29-33,35-36,38-58H2,1-3H3/b19-16+,28-25+,37-34+/t59-/m1/s1. The molecular weight excluding hydrogens is 841 g/mol. The van der Waals surface area contributed by atoms with Crippen molar-refractivity contribution in [1.29, 1.82) is 0 Å². The molecule has 0 heterocycles. The minimum atomic E-state index is -0.777. The fraction of sp³-hybridized carbons (Fsp3) is 0.855. The summed E-state index contributed by atoms with van der Waals surface area (Å²) in [4.78, 5) is 38.2. The van der Waals surface area contributed by atoms with Gasteiger partial charge in [-0.05, 0) is 57.8 Å². The molecule has 0 aromatic carbocycles. The average Bonchev–Trinajstić information content (AvgIpc) is 3.34. The zero-order chi connectivity index (χ0) is 49.3. The lowest BCUT2D eigenvalue weighted by atomic mass is 10.0. The Hall–Kier alpha value is -2.37. The zero-order valence-corrected chi connectivity index (χ0v) is 45.6. The number of carbonyl (C=O) groups excluding carboxylic acids is 3. The molecule has 0 aliphatic carbocycles. The molecule has 398 valence electrons. The Bertz CT molecular complexity index is 1140. The van der Waals surface area contributed by atoms with E-state index in [9.17, 15) is 14.4 Å². The molecule has 0 aliphatic heterocycles. The maximum absolute atomic E-state index is 12.9. The Morgan fingerprint density at radius 1 is 0.294 bits per heavy atom. The van der Waals surface area contributed by atoms with E-state index in [0.29, 0.717) is 19.3 Å². The number of unbranched alkanes of at least 4 members (excludes halogenated alkanes) is 38. The van der Waals surface area contributed by atoms with E-state index in [1.807, 2.05) is 0 Å². The lowest BCUT2D eigenvalue weighted by Gasteiger charge is -2.18. The zero-order valence-electron chi connectivity index (χ0n) is 45.6. The van der Waals surface area contributed by atoms with Gasteiger partial charge in [-0.15, -0.1) is 0 Å². The second-order valence-corrected chi connectivity index (χ2v) is 20.3. The lowest BCUT2D eigenvalue weighted by Crippen LogP contribution is -2.30. The van der Waals surface area contributed by atoms with E-state index in [1.54, 1.807) is 0 Å². The number of hydrogen-bond acceptors (Lipinski definition) is 6. The van der Waals surface area contributed by atoms with Crippen LogP contribution >= 0.6 is 0 Å². The van der Waals surface area contributed by atoms with Gasteiger partial charge in [0.2, 0.25) is 0 Å². The van der Waals surface area contributed by atoms with Crippen molar-refractivity contribution in [3.63, 3.8) is 0 Å². The van der Waals surface area contributed by atoms with Crippen LogP contribution in [0.3, 0.4) is 0 Å². The van der Waals surface area contributed by atoms with E-state index in [2.05, 4.69) is 57.2 Å². The highest BCUT2D eigenvalue weighted by atomic mass is 16.6. The van der Waals surface area contributed by atoms with Gasteiger partial charge in [0.05, 0.1) is 0 Å². The monoisotopic (exact) mass is 955 g/mol. The fourth-order valence-corrected chi connectivity index (χ4v) is 8.86. The van der Waals surface area contributed by atoms with Gasteiger partial charge < -0.3 is 14.2 Å². The number of rotatable bonds is 55. The summed E-state index contributed by atoms with van der Waals surface area (Å²) in [6.45, 7) is 6.65. The number of esters is 3. The SMILES string of the molecule is CCCCC/C=C/C/C=C/C/C=C/CCCCCCC(=O)OC[C@@H](COC(=O)CCCCCCCCCCCCCCCCCC)OC(=O)CCCCCCCCCCCCCCCCCCC. The Balaban J connectivity index is 4.37. The summed E-state index contributed by atoms with van der Waals surface area (Å²) in [5, 5.41) is 0. The number of carbonyl (C=O) groups is 3. The van der Waals surface area contributed by atoms with Crippen LogP contribution in [0.5, 0.6) is 0 Å². The van der Waals surface area contributed by atoms with Crippen LogP contribution < -0.4 is 0 Å². The molecule has 0 aliphatic rings. The van der Waals surface area contributed by atoms with Crippen molar-refractivity contribution in [3.05, 3.63) is 36.5 Å². The van der Waals surface area contributed by atoms with Crippen molar-refractivity contribution in [3.8, 4) is 0 Å². The molecule has 0 rings (SSSR count). The molecule has 0 saturated carbocycles. The van der Waals surface area contributed by atoms with Crippen molar-refractivity contribution >= 4 is 17.9 Å². The molecule has 1 atom stereocenters. The molecule has 0 radical (unpaired) electrons. The average molecular weight is 956 g/mol. The van der Waals surface area contributed by atoms with Crippen molar-refractivity contribution in [2.24, 2.45) is 0 Å². The predicted octanol–water partition coefficient (Wildman–Crippen LogP) is 20.0. The van der Waals surface area contributed by atoms with Crippen molar-refractivity contribution < 1.29 is 28.6 Å². The Morgan fingerprint density at radius 3 is 0.853 bits per heavy atom. The third-order valence-corrected chi connectivity index (χ3v) is 13.4. The van der Waals surface area contributed by atoms with E-state index in [0.717, 1.165) is 83.5 Å². The summed E-state index contributed by atoms with van der Waals surface area (Å²) < 4.78 is 16.9. The molecule has 0 fully saturated rings. The first kappa shape index (κ1) is 65.6. The summed E-state index contributed by atoms with van der Waals surface area (Å²) in [5.41, 5.74) is 0. The minimum Gasteiger partial charge on any atom is -0.462 e. The van der Waals surface area contributed by atoms with Crippen molar-refractivity contribution in [2.75, 3.05) is 13.2 Å². The van der Waals surface area contributed by atoms with E-state index >= 15 is 0 Å². The molecule has 0 bridgehead atoms. The van der Waals surface area contributed by atoms with Gasteiger partial charge in [-0.2, -0.15) is 0 Å². The highest BCUT2D eigenvalue weighted by molar-refractivity contribution is 5.71. The van der Waals surface area contributed by atoms with Gasteiger partial charge in [0, 0.05) is 19.3 Å². The molecule has 0 spiro atoms. The number of hydrogen-bond donors (Lipinski definition) is 0. The van der Waals surface area contributed by atoms with Crippen LogP contribution in [0.15, 0.2) is 36.5 Å². The van der Waals surface area contributed by atoms with E-state index in [1.165, 1.54) is 199 Å². The van der Waals surface area contributed by atoms with Crippen molar-refractivity contribution in [2.45, 2.75) is 329 Å². The second-order valence-electron chi connectivity index (χ2n) is 20.3. The normalized spacial score (nSPS) is 12.2. The summed E-state index contributed by atoms with van der Waals surface area (Å²) in [5.74, 6) is -0.874. The summed E-state index contributed by atoms with van der Waals surface area (Å²) >= 11 is 0. The quantitative estimate of drug-likeness (QED) is 0.0262. The third-order valence-electron chi connectivity index (χ3n) is 13.4. The molecule has 6 heteroatoms. The molecule has 0 N–H and O–H groups in total. The maximum Gasteiger partial charge on any atom is 0.306 e. The highest BCUT2D eigenvalue weighted by Crippen LogP contribution is 2.17. The van der Waals surface area contributed by atoms with Crippen LogP contribution in [-0.2, 0) is 28.6 Å². The van der Waals surface area contributed by atoms with Gasteiger partial charge in [0.1, 0.15) is 13.2 Å². The van der Waals surface area contributed by atoms with Crippen molar-refractivity contribution in [1.82, 2.24) is 0 Å². The topological polar surface area (TPSA) is 78.9 Å². The van der Waals surface area contributed by atoms with Crippen LogP contribution in [0.2, 0.25) is 0 Å². The largest absolute Gasteiger partial charge is 0.462 e. The molecule has 68 heavy (non-hydrogen) atoms. The number of allylic oxidation sites excluding steroid dienone is 6. The molecule has 0 aromatic heterocycles. The predicted molar refractivity (Wildman–Crippen MR) is 293 cm³/mol. The molecule has 6 nitrogen and oxygen atoms in total. The summed E-state index contributed by atoms with van der Waals surface area (Å²) in [6.07, 6.45) is 68.5. The first-order valence-corrected chi connectivity index (χ1v) is 30.0.